The van der Waals surface area contributed by atoms with E-state index in [2.05, 4.69) is 20.6 Å². The number of fused-ring (bicyclic) bond motifs is 2. The Kier molecular flexibility index (Phi) is 7.28. The molecule has 0 spiro atoms. The summed E-state index contributed by atoms with van der Waals surface area (Å²) in [5, 5.41) is 13.2. The van der Waals surface area contributed by atoms with E-state index in [0.717, 1.165) is 11.1 Å². The van der Waals surface area contributed by atoms with Crippen molar-refractivity contribution in [2.45, 2.75) is 32.4 Å². The number of methoxy groups -OCH3 is 1. The average molecular weight is 481 g/mol. The predicted molar refractivity (Wildman–Crippen MR) is 131 cm³/mol. The van der Waals surface area contributed by atoms with Crippen molar-refractivity contribution in [3.05, 3.63) is 58.9 Å². The highest BCUT2D eigenvalue weighted by molar-refractivity contribution is 6.09. The number of H-pyrrole nitrogens is 1. The van der Waals surface area contributed by atoms with E-state index in [0.29, 0.717) is 60.7 Å². The number of benzene rings is 2. The van der Waals surface area contributed by atoms with Gasteiger partial charge in [-0.3, -0.25) is 15.0 Å². The van der Waals surface area contributed by atoms with Gasteiger partial charge in [0.15, 0.2) is 0 Å². The number of aromatic nitrogens is 2. The lowest BCUT2D eigenvalue weighted by Gasteiger charge is -2.18. The molecule has 1 atom stereocenters. The number of carbonyl (C=O) groups excluding carboxylic acids is 2. The van der Waals surface area contributed by atoms with E-state index in [9.17, 15) is 14.0 Å². The Labute approximate surface area is 202 Å². The Hall–Kier alpha value is -3.95. The maximum atomic E-state index is 13.4. The molecule has 2 aromatic carbocycles. The van der Waals surface area contributed by atoms with Crippen molar-refractivity contribution >= 4 is 28.7 Å². The zero-order valence-corrected chi connectivity index (χ0v) is 19.8. The van der Waals surface area contributed by atoms with Gasteiger partial charge in [-0.25, -0.2) is 9.37 Å². The zero-order chi connectivity index (χ0) is 24.9. The summed E-state index contributed by atoms with van der Waals surface area (Å²) in [4.78, 5) is 35.9. The van der Waals surface area contributed by atoms with Gasteiger partial charge in [-0.1, -0.05) is 12.1 Å². The van der Waals surface area contributed by atoms with Crippen molar-refractivity contribution in [3.63, 3.8) is 0 Å². The van der Waals surface area contributed by atoms with Gasteiger partial charge in [-0.15, -0.1) is 0 Å². The van der Waals surface area contributed by atoms with Gasteiger partial charge in [-0.2, -0.15) is 0 Å². The minimum atomic E-state index is -0.854. The second kappa shape index (κ2) is 10.5. The van der Waals surface area contributed by atoms with Crippen LogP contribution < -0.4 is 15.4 Å². The van der Waals surface area contributed by atoms with Crippen molar-refractivity contribution in [1.29, 1.82) is 5.41 Å². The Morgan fingerprint density at radius 3 is 2.91 bits per heavy atom. The largest absolute Gasteiger partial charge is 0.497 e. The third-order valence-corrected chi connectivity index (χ3v) is 6.12. The molecule has 0 saturated carbocycles. The predicted octanol–water partition coefficient (Wildman–Crippen LogP) is 3.33. The maximum Gasteiger partial charge on any atom is 0.255 e. The number of carbonyl (C=O) groups is 2. The van der Waals surface area contributed by atoms with Gasteiger partial charge in [0.25, 0.3) is 11.8 Å². The third-order valence-electron chi connectivity index (χ3n) is 6.12. The van der Waals surface area contributed by atoms with Crippen LogP contribution in [0.5, 0.6) is 5.75 Å². The first kappa shape index (κ1) is 24.2. The summed E-state index contributed by atoms with van der Waals surface area (Å²) in [5.41, 5.74) is 3.12. The molecule has 10 heteroatoms. The van der Waals surface area contributed by atoms with Gasteiger partial charge in [0.1, 0.15) is 24.1 Å². The highest BCUT2D eigenvalue weighted by Gasteiger charge is 2.31. The smallest absolute Gasteiger partial charge is 0.255 e. The molecule has 0 bridgehead atoms. The summed E-state index contributed by atoms with van der Waals surface area (Å²) in [6, 6.07) is 10.3. The van der Waals surface area contributed by atoms with E-state index >= 15 is 0 Å². The van der Waals surface area contributed by atoms with Crippen LogP contribution >= 0.6 is 0 Å². The standard InChI is InChI=1S/C25H29FN6O3/c1-3-32-14-15-6-4-7-17(22(15)25(32)34)24(33)31-19(8-5-11-28-21(27)13-26)23-29-18-10-9-16(35-2)12-20(18)30-23/h4,6-7,9-10,12,19H,3,5,8,11,13-14H2,1-2H3,(H2,27,28)(H,29,30)(H,31,33)/t19-/m0/s1. The number of nitrogens with zero attached hydrogens (tertiary/aromatic N) is 2. The quantitative estimate of drug-likeness (QED) is 0.201. The third kappa shape index (κ3) is 5.11. The first-order valence-corrected chi connectivity index (χ1v) is 11.6. The van der Waals surface area contributed by atoms with E-state index in [-0.39, 0.29) is 17.6 Å². The Morgan fingerprint density at radius 2 is 2.17 bits per heavy atom. The molecule has 3 aromatic rings. The van der Waals surface area contributed by atoms with E-state index in [1.54, 1.807) is 30.2 Å². The molecule has 0 aliphatic carbocycles. The van der Waals surface area contributed by atoms with Crippen molar-refractivity contribution < 1.29 is 18.7 Å². The van der Waals surface area contributed by atoms with Gasteiger partial charge in [0.2, 0.25) is 0 Å². The maximum absolute atomic E-state index is 13.4. The van der Waals surface area contributed by atoms with E-state index in [4.69, 9.17) is 10.1 Å². The minimum Gasteiger partial charge on any atom is -0.497 e. The summed E-state index contributed by atoms with van der Waals surface area (Å²) < 4.78 is 17.8. The Bertz CT molecular complexity index is 1260. The fourth-order valence-electron chi connectivity index (χ4n) is 4.27. The first-order valence-electron chi connectivity index (χ1n) is 11.6. The number of rotatable bonds is 10. The Morgan fingerprint density at radius 1 is 1.34 bits per heavy atom. The molecule has 2 heterocycles. The van der Waals surface area contributed by atoms with Crippen LogP contribution in [0.15, 0.2) is 36.4 Å². The molecule has 1 aliphatic rings. The van der Waals surface area contributed by atoms with Gasteiger partial charge in [-0.05, 0) is 43.5 Å². The number of amidine groups is 1. The number of ether oxygens (including phenoxy) is 1. The number of aromatic amines is 1. The van der Waals surface area contributed by atoms with Crippen molar-refractivity contribution in [1.82, 2.24) is 25.5 Å². The van der Waals surface area contributed by atoms with E-state index in [1.165, 1.54) is 0 Å². The fraction of sp³-hybridized carbons (Fsp3) is 0.360. The number of imidazole rings is 1. The summed E-state index contributed by atoms with van der Waals surface area (Å²) in [5.74, 6) is 0.552. The highest BCUT2D eigenvalue weighted by atomic mass is 19.1. The SMILES string of the molecule is CCN1Cc2cccc(C(=O)N[C@@H](CCCNC(=N)CF)c3nc4cc(OC)ccc4[nH]3)c2C1=O. The van der Waals surface area contributed by atoms with Gasteiger partial charge >= 0.3 is 0 Å². The lowest BCUT2D eigenvalue weighted by atomic mass is 10.0. The van der Waals surface area contributed by atoms with Crippen molar-refractivity contribution in [2.75, 3.05) is 26.9 Å². The zero-order valence-electron chi connectivity index (χ0n) is 19.8. The molecule has 4 N–H and O–H groups in total. The van der Waals surface area contributed by atoms with E-state index in [1.807, 2.05) is 25.1 Å². The minimum absolute atomic E-state index is 0.144. The monoisotopic (exact) mass is 480 g/mol. The summed E-state index contributed by atoms with van der Waals surface area (Å²) in [6.45, 7) is 2.50. The van der Waals surface area contributed by atoms with Gasteiger partial charge < -0.3 is 25.3 Å². The molecule has 0 unspecified atom stereocenters. The molecular weight excluding hydrogens is 451 g/mol. The number of halogens is 1. The second-order valence-electron chi connectivity index (χ2n) is 8.37. The average Bonchev–Trinajstić information content (AvgIpc) is 3.45. The first-order chi connectivity index (χ1) is 16.9. The number of nitrogens with one attached hydrogen (secondary N) is 4. The van der Waals surface area contributed by atoms with Crippen LogP contribution in [0.4, 0.5) is 4.39 Å². The molecule has 1 aliphatic heterocycles. The molecule has 4 rings (SSSR count). The van der Waals surface area contributed by atoms with Crippen LogP contribution in [-0.4, -0.2) is 59.4 Å². The molecular formula is C25H29FN6O3. The number of hydrogen-bond acceptors (Lipinski definition) is 5. The molecule has 0 fully saturated rings. The topological polar surface area (TPSA) is 123 Å². The summed E-state index contributed by atoms with van der Waals surface area (Å²) in [7, 11) is 1.58. The van der Waals surface area contributed by atoms with Crippen LogP contribution in [0, 0.1) is 5.41 Å². The molecule has 1 aromatic heterocycles. The van der Waals surface area contributed by atoms with Crippen LogP contribution in [0.2, 0.25) is 0 Å². The molecule has 0 radical (unpaired) electrons. The summed E-state index contributed by atoms with van der Waals surface area (Å²) >= 11 is 0. The number of hydrogen-bond donors (Lipinski definition) is 4. The van der Waals surface area contributed by atoms with Crippen molar-refractivity contribution in [3.8, 4) is 5.75 Å². The molecule has 9 nitrogen and oxygen atoms in total. The Balaban J connectivity index is 1.59. The second-order valence-corrected chi connectivity index (χ2v) is 8.37. The molecule has 184 valence electrons. The van der Waals surface area contributed by atoms with Gasteiger partial charge in [0.05, 0.1) is 35.3 Å². The molecule has 35 heavy (non-hydrogen) atoms. The fourth-order valence-corrected chi connectivity index (χ4v) is 4.27. The number of amides is 2. The number of alkyl halides is 1. The van der Waals surface area contributed by atoms with Crippen LogP contribution in [0.3, 0.4) is 0 Å². The van der Waals surface area contributed by atoms with Crippen LogP contribution in [0.25, 0.3) is 11.0 Å². The van der Waals surface area contributed by atoms with E-state index < -0.39 is 12.7 Å². The lowest BCUT2D eigenvalue weighted by Crippen LogP contribution is -2.32. The van der Waals surface area contributed by atoms with Crippen LogP contribution in [-0.2, 0) is 6.54 Å². The highest BCUT2D eigenvalue weighted by Crippen LogP contribution is 2.27. The van der Waals surface area contributed by atoms with Crippen molar-refractivity contribution in [2.24, 2.45) is 0 Å². The normalized spacial score (nSPS) is 13.6. The van der Waals surface area contributed by atoms with Gasteiger partial charge in [0, 0.05) is 25.7 Å². The lowest BCUT2D eigenvalue weighted by molar-refractivity contribution is 0.0780. The summed E-state index contributed by atoms with van der Waals surface area (Å²) in [6.07, 6.45) is 1.04. The molecule has 0 saturated heterocycles. The van der Waals surface area contributed by atoms with Crippen LogP contribution in [0.1, 0.15) is 57.9 Å². The molecule has 2 amide bonds.